The van der Waals surface area contributed by atoms with Gasteiger partial charge in [-0.25, -0.2) is 0 Å². The fourth-order valence-corrected chi connectivity index (χ4v) is 2.70. The first-order valence-corrected chi connectivity index (χ1v) is 7.23. The van der Waals surface area contributed by atoms with Gasteiger partial charge in [0.1, 0.15) is 5.75 Å². The largest absolute Gasteiger partial charge is 0.493 e. The smallest absolute Gasteiger partial charge is 0.126 e. The first-order chi connectivity index (χ1) is 8.81. The highest BCUT2D eigenvalue weighted by molar-refractivity contribution is 5.40. The summed E-state index contributed by atoms with van der Waals surface area (Å²) in [6.45, 7) is 7.06. The summed E-state index contributed by atoms with van der Waals surface area (Å²) in [6.07, 6.45) is 5.45. The van der Waals surface area contributed by atoms with Crippen LogP contribution in [0.3, 0.4) is 0 Å². The summed E-state index contributed by atoms with van der Waals surface area (Å²) >= 11 is 0. The van der Waals surface area contributed by atoms with E-state index in [-0.39, 0.29) is 0 Å². The van der Waals surface area contributed by atoms with Gasteiger partial charge in [-0.2, -0.15) is 0 Å². The van der Waals surface area contributed by atoms with Crippen molar-refractivity contribution in [1.29, 1.82) is 0 Å². The van der Waals surface area contributed by atoms with Gasteiger partial charge in [0.2, 0.25) is 0 Å². The van der Waals surface area contributed by atoms with Gasteiger partial charge in [-0.05, 0) is 37.8 Å². The zero-order valence-electron chi connectivity index (χ0n) is 11.7. The van der Waals surface area contributed by atoms with Gasteiger partial charge >= 0.3 is 0 Å². The molecule has 1 saturated carbocycles. The van der Waals surface area contributed by atoms with Crippen LogP contribution in [0, 0.1) is 12.8 Å². The molecule has 2 heteroatoms. The molecule has 18 heavy (non-hydrogen) atoms. The summed E-state index contributed by atoms with van der Waals surface area (Å²) in [7, 11) is 0. The Bertz CT molecular complexity index is 369. The topological polar surface area (TPSA) is 21.3 Å². The highest BCUT2D eigenvalue weighted by Crippen LogP contribution is 2.28. The maximum absolute atomic E-state index is 6.11. The SMILES string of the molecule is CCNCc1cccc(C)c1OCC1CCCC1. The Morgan fingerprint density at radius 1 is 1.28 bits per heavy atom. The number of ether oxygens (including phenoxy) is 1. The predicted molar refractivity (Wildman–Crippen MR) is 76.0 cm³/mol. The maximum Gasteiger partial charge on any atom is 0.126 e. The molecule has 0 radical (unpaired) electrons. The number of benzene rings is 1. The van der Waals surface area contributed by atoms with Crippen molar-refractivity contribution in [2.75, 3.05) is 13.2 Å². The van der Waals surface area contributed by atoms with Gasteiger partial charge in [-0.1, -0.05) is 38.0 Å². The molecule has 0 aliphatic heterocycles. The Labute approximate surface area is 111 Å². The lowest BCUT2D eigenvalue weighted by Gasteiger charge is -2.17. The van der Waals surface area contributed by atoms with Gasteiger partial charge < -0.3 is 10.1 Å². The van der Waals surface area contributed by atoms with E-state index in [0.717, 1.165) is 31.4 Å². The molecule has 1 aliphatic carbocycles. The standard InChI is InChI=1S/C16H25NO/c1-3-17-11-15-10-6-7-13(2)16(15)18-12-14-8-4-5-9-14/h6-7,10,14,17H,3-5,8-9,11-12H2,1-2H3. The normalized spacial score (nSPS) is 16.1. The molecule has 0 aromatic heterocycles. The second-order valence-corrected chi connectivity index (χ2v) is 5.30. The van der Waals surface area contributed by atoms with Crippen molar-refractivity contribution in [3.63, 3.8) is 0 Å². The molecule has 0 heterocycles. The molecule has 1 fully saturated rings. The lowest BCUT2D eigenvalue weighted by Crippen LogP contribution is -2.15. The van der Waals surface area contributed by atoms with Gasteiger partial charge in [0.25, 0.3) is 0 Å². The summed E-state index contributed by atoms with van der Waals surface area (Å²) in [6, 6.07) is 6.42. The van der Waals surface area contributed by atoms with Gasteiger partial charge in [-0.3, -0.25) is 0 Å². The molecule has 1 aliphatic rings. The number of para-hydroxylation sites is 1. The second-order valence-electron chi connectivity index (χ2n) is 5.30. The van der Waals surface area contributed by atoms with E-state index in [2.05, 4.69) is 37.4 Å². The fraction of sp³-hybridized carbons (Fsp3) is 0.625. The Balaban J connectivity index is 1.99. The van der Waals surface area contributed by atoms with Crippen LogP contribution in [0.5, 0.6) is 5.75 Å². The number of hydrogen-bond donors (Lipinski definition) is 1. The van der Waals surface area contributed by atoms with Crippen LogP contribution in [0.1, 0.15) is 43.7 Å². The molecule has 1 aromatic carbocycles. The summed E-state index contributed by atoms with van der Waals surface area (Å²) < 4.78 is 6.11. The van der Waals surface area contributed by atoms with E-state index in [1.54, 1.807) is 0 Å². The average molecular weight is 247 g/mol. The van der Waals surface area contributed by atoms with Crippen molar-refractivity contribution < 1.29 is 4.74 Å². The van der Waals surface area contributed by atoms with E-state index in [0.29, 0.717) is 0 Å². The van der Waals surface area contributed by atoms with E-state index in [9.17, 15) is 0 Å². The Morgan fingerprint density at radius 3 is 2.78 bits per heavy atom. The molecule has 0 saturated heterocycles. The Kier molecular flexibility index (Phi) is 5.06. The third kappa shape index (κ3) is 3.49. The lowest BCUT2D eigenvalue weighted by atomic mass is 10.1. The molecule has 0 amide bonds. The van der Waals surface area contributed by atoms with Crippen molar-refractivity contribution in [2.45, 2.75) is 46.1 Å². The Hall–Kier alpha value is -1.02. The molecular formula is C16H25NO. The van der Waals surface area contributed by atoms with Crippen molar-refractivity contribution in [3.05, 3.63) is 29.3 Å². The van der Waals surface area contributed by atoms with Crippen molar-refractivity contribution >= 4 is 0 Å². The predicted octanol–water partition coefficient (Wildman–Crippen LogP) is 3.67. The van der Waals surface area contributed by atoms with Gasteiger partial charge in [0.05, 0.1) is 6.61 Å². The average Bonchev–Trinajstić information content (AvgIpc) is 2.88. The number of aryl methyl sites for hydroxylation is 1. The monoisotopic (exact) mass is 247 g/mol. The molecule has 0 unspecified atom stereocenters. The first kappa shape index (κ1) is 13.4. The van der Waals surface area contributed by atoms with Crippen molar-refractivity contribution in [3.8, 4) is 5.75 Å². The molecule has 0 bridgehead atoms. The minimum atomic E-state index is 0.775. The quantitative estimate of drug-likeness (QED) is 0.828. The fourth-order valence-electron chi connectivity index (χ4n) is 2.70. The zero-order valence-corrected chi connectivity index (χ0v) is 11.7. The van der Waals surface area contributed by atoms with E-state index in [1.165, 1.54) is 36.8 Å². The van der Waals surface area contributed by atoms with E-state index in [4.69, 9.17) is 4.74 Å². The van der Waals surface area contributed by atoms with E-state index < -0.39 is 0 Å². The summed E-state index contributed by atoms with van der Waals surface area (Å²) in [5.74, 6) is 1.88. The second kappa shape index (κ2) is 6.79. The van der Waals surface area contributed by atoms with Crippen LogP contribution < -0.4 is 10.1 Å². The minimum absolute atomic E-state index is 0.775. The van der Waals surface area contributed by atoms with E-state index in [1.807, 2.05) is 0 Å². The highest BCUT2D eigenvalue weighted by atomic mass is 16.5. The van der Waals surface area contributed by atoms with Crippen LogP contribution in [0.25, 0.3) is 0 Å². The van der Waals surface area contributed by atoms with Crippen LogP contribution in [-0.2, 0) is 6.54 Å². The minimum Gasteiger partial charge on any atom is -0.493 e. The highest BCUT2D eigenvalue weighted by Gasteiger charge is 2.16. The molecule has 2 rings (SSSR count). The number of rotatable bonds is 6. The summed E-state index contributed by atoms with van der Waals surface area (Å²) in [5, 5.41) is 3.38. The number of hydrogen-bond acceptors (Lipinski definition) is 2. The van der Waals surface area contributed by atoms with Crippen LogP contribution in [0.4, 0.5) is 0 Å². The summed E-state index contributed by atoms with van der Waals surface area (Å²) in [5.41, 5.74) is 2.54. The molecule has 100 valence electrons. The van der Waals surface area contributed by atoms with Gasteiger partial charge in [-0.15, -0.1) is 0 Å². The zero-order chi connectivity index (χ0) is 12.8. The molecule has 0 spiro atoms. The third-order valence-corrected chi connectivity index (χ3v) is 3.80. The van der Waals surface area contributed by atoms with E-state index >= 15 is 0 Å². The number of nitrogens with one attached hydrogen (secondary N) is 1. The molecule has 1 aromatic rings. The van der Waals surface area contributed by atoms with Crippen molar-refractivity contribution in [1.82, 2.24) is 5.32 Å². The van der Waals surface area contributed by atoms with Crippen LogP contribution >= 0.6 is 0 Å². The third-order valence-electron chi connectivity index (χ3n) is 3.80. The molecule has 2 nitrogen and oxygen atoms in total. The van der Waals surface area contributed by atoms with Gasteiger partial charge in [0, 0.05) is 12.1 Å². The maximum atomic E-state index is 6.11. The molecular weight excluding hydrogens is 222 g/mol. The molecule has 1 N–H and O–H groups in total. The van der Waals surface area contributed by atoms with Crippen molar-refractivity contribution in [2.24, 2.45) is 5.92 Å². The first-order valence-electron chi connectivity index (χ1n) is 7.23. The summed E-state index contributed by atoms with van der Waals surface area (Å²) in [4.78, 5) is 0. The lowest BCUT2D eigenvalue weighted by molar-refractivity contribution is 0.248. The van der Waals surface area contributed by atoms with Gasteiger partial charge in [0.15, 0.2) is 0 Å². The van der Waals surface area contributed by atoms with Crippen LogP contribution in [0.2, 0.25) is 0 Å². The van der Waals surface area contributed by atoms with Crippen LogP contribution in [-0.4, -0.2) is 13.2 Å². The Morgan fingerprint density at radius 2 is 2.06 bits per heavy atom. The molecule has 0 atom stereocenters. The van der Waals surface area contributed by atoms with Crippen LogP contribution in [0.15, 0.2) is 18.2 Å².